The average Bonchev–Trinajstić information content (AvgIpc) is 2.27. The van der Waals surface area contributed by atoms with E-state index in [1.165, 1.54) is 0 Å². The highest BCUT2D eigenvalue weighted by Crippen LogP contribution is 2.23. The lowest BCUT2D eigenvalue weighted by Crippen LogP contribution is -1.97. The largest absolute Gasteiger partial charge is 0.497 e. The van der Waals surface area contributed by atoms with Crippen LogP contribution in [0.2, 0.25) is 0 Å². The van der Waals surface area contributed by atoms with Crippen molar-refractivity contribution >= 4 is 17.9 Å². The monoisotopic (exact) mass is 212 g/mol. The summed E-state index contributed by atoms with van der Waals surface area (Å²) >= 11 is 5.73. The summed E-state index contributed by atoms with van der Waals surface area (Å²) in [6.45, 7) is 1.85. The minimum absolute atomic E-state index is 0.118. The highest BCUT2D eigenvalue weighted by atomic mass is 35.5. The molecule has 0 aliphatic heterocycles. The van der Waals surface area contributed by atoms with Crippen molar-refractivity contribution in [1.29, 1.82) is 0 Å². The molecule has 0 amide bonds. The minimum Gasteiger partial charge on any atom is -0.497 e. The quantitative estimate of drug-likeness (QED) is 0.567. The van der Waals surface area contributed by atoms with Gasteiger partial charge in [-0.2, -0.15) is 0 Å². The van der Waals surface area contributed by atoms with E-state index in [9.17, 15) is 4.79 Å². The van der Waals surface area contributed by atoms with E-state index in [1.807, 2.05) is 25.1 Å². The zero-order valence-corrected chi connectivity index (χ0v) is 9.04. The van der Waals surface area contributed by atoms with Gasteiger partial charge in [-0.05, 0) is 23.3 Å². The second-order valence-corrected chi connectivity index (χ2v) is 3.44. The molecular formula is C11H13ClO2. The Kier molecular flexibility index (Phi) is 3.96. The predicted octanol–water partition coefficient (Wildman–Crippen LogP) is 2.74. The molecule has 3 heteroatoms. The maximum Gasteiger partial charge on any atom is 0.127 e. The van der Waals surface area contributed by atoms with E-state index in [1.54, 1.807) is 7.11 Å². The fraction of sp³-hybridized carbons (Fsp3) is 0.364. The fourth-order valence-electron chi connectivity index (χ4n) is 1.22. The second kappa shape index (κ2) is 5.01. The lowest BCUT2D eigenvalue weighted by atomic mass is 10.0. The molecule has 0 N–H and O–H groups in total. The van der Waals surface area contributed by atoms with Gasteiger partial charge in [0.1, 0.15) is 12.0 Å². The Morgan fingerprint density at radius 3 is 2.71 bits per heavy atom. The molecule has 1 aromatic rings. The maximum absolute atomic E-state index is 10.6. The SMILES string of the molecule is COc1cc(CCl)cc(C(C)C=O)c1. The van der Waals surface area contributed by atoms with Gasteiger partial charge in [-0.25, -0.2) is 0 Å². The van der Waals surface area contributed by atoms with Gasteiger partial charge in [-0.3, -0.25) is 0 Å². The second-order valence-electron chi connectivity index (χ2n) is 3.17. The summed E-state index contributed by atoms with van der Waals surface area (Å²) in [6.07, 6.45) is 0.910. The Labute approximate surface area is 88.8 Å². The molecule has 0 aliphatic rings. The van der Waals surface area contributed by atoms with Crippen LogP contribution < -0.4 is 4.74 Å². The molecule has 0 radical (unpaired) electrons. The first-order valence-corrected chi connectivity index (χ1v) is 4.93. The Bertz CT molecular complexity index is 301. The maximum atomic E-state index is 10.6. The molecule has 0 aliphatic carbocycles. The normalized spacial score (nSPS) is 12.2. The van der Waals surface area contributed by atoms with E-state index in [0.29, 0.717) is 5.88 Å². The summed E-state index contributed by atoms with van der Waals surface area (Å²) in [6, 6.07) is 5.65. The number of carbonyl (C=O) groups excluding carboxylic acids is 1. The number of aldehydes is 1. The first-order valence-electron chi connectivity index (χ1n) is 4.40. The number of methoxy groups -OCH3 is 1. The van der Waals surface area contributed by atoms with Crippen molar-refractivity contribution in [1.82, 2.24) is 0 Å². The van der Waals surface area contributed by atoms with Crippen LogP contribution in [0.25, 0.3) is 0 Å². The van der Waals surface area contributed by atoms with E-state index < -0.39 is 0 Å². The van der Waals surface area contributed by atoms with Crippen LogP contribution in [0.4, 0.5) is 0 Å². The predicted molar refractivity (Wildman–Crippen MR) is 57.0 cm³/mol. The third-order valence-corrected chi connectivity index (χ3v) is 2.42. The summed E-state index contributed by atoms with van der Waals surface area (Å²) in [5.41, 5.74) is 1.91. The topological polar surface area (TPSA) is 26.3 Å². The summed E-state index contributed by atoms with van der Waals surface area (Å²) in [5, 5.41) is 0. The van der Waals surface area contributed by atoms with E-state index in [4.69, 9.17) is 16.3 Å². The van der Waals surface area contributed by atoms with Gasteiger partial charge < -0.3 is 9.53 Å². The molecule has 76 valence electrons. The number of hydrogen-bond acceptors (Lipinski definition) is 2. The number of hydrogen-bond donors (Lipinski definition) is 0. The number of alkyl halides is 1. The number of rotatable bonds is 4. The Morgan fingerprint density at radius 1 is 1.50 bits per heavy atom. The standard InChI is InChI=1S/C11H13ClO2/c1-8(7-13)10-3-9(6-12)4-11(5-10)14-2/h3-5,7-8H,6H2,1-2H3. The van der Waals surface area contributed by atoms with Crippen molar-refractivity contribution in [3.05, 3.63) is 29.3 Å². The van der Waals surface area contributed by atoms with Crippen LogP contribution in [-0.4, -0.2) is 13.4 Å². The molecule has 1 atom stereocenters. The molecule has 0 aromatic heterocycles. The number of carbonyl (C=O) groups is 1. The van der Waals surface area contributed by atoms with Crippen molar-refractivity contribution in [2.24, 2.45) is 0 Å². The third-order valence-electron chi connectivity index (χ3n) is 2.11. The van der Waals surface area contributed by atoms with Crippen LogP contribution in [0.3, 0.4) is 0 Å². The van der Waals surface area contributed by atoms with Crippen molar-refractivity contribution in [3.8, 4) is 5.75 Å². The van der Waals surface area contributed by atoms with Crippen LogP contribution >= 0.6 is 11.6 Å². The van der Waals surface area contributed by atoms with Crippen LogP contribution in [0.1, 0.15) is 24.0 Å². The molecular weight excluding hydrogens is 200 g/mol. The van der Waals surface area contributed by atoms with Crippen LogP contribution in [0, 0.1) is 0 Å². The Balaban J connectivity index is 3.09. The van der Waals surface area contributed by atoms with Gasteiger partial charge in [-0.15, -0.1) is 11.6 Å². The van der Waals surface area contributed by atoms with Gasteiger partial charge >= 0.3 is 0 Å². The summed E-state index contributed by atoms with van der Waals surface area (Å²) in [4.78, 5) is 10.6. The van der Waals surface area contributed by atoms with E-state index in [0.717, 1.165) is 23.2 Å². The first kappa shape index (κ1) is 11.1. The molecule has 0 fully saturated rings. The highest BCUT2D eigenvalue weighted by Gasteiger charge is 2.07. The Hall–Kier alpha value is -1.02. The van der Waals surface area contributed by atoms with Crippen molar-refractivity contribution in [3.63, 3.8) is 0 Å². The fourth-order valence-corrected chi connectivity index (χ4v) is 1.38. The van der Waals surface area contributed by atoms with Gasteiger partial charge in [-0.1, -0.05) is 13.0 Å². The smallest absolute Gasteiger partial charge is 0.127 e. The Morgan fingerprint density at radius 2 is 2.21 bits per heavy atom. The van der Waals surface area contributed by atoms with Crippen molar-refractivity contribution in [2.45, 2.75) is 18.7 Å². The van der Waals surface area contributed by atoms with Crippen molar-refractivity contribution < 1.29 is 9.53 Å². The lowest BCUT2D eigenvalue weighted by molar-refractivity contribution is -0.108. The van der Waals surface area contributed by atoms with Crippen molar-refractivity contribution in [2.75, 3.05) is 7.11 Å². The minimum atomic E-state index is -0.118. The molecule has 14 heavy (non-hydrogen) atoms. The summed E-state index contributed by atoms with van der Waals surface area (Å²) < 4.78 is 5.12. The van der Waals surface area contributed by atoms with Gasteiger partial charge in [0.15, 0.2) is 0 Å². The lowest BCUT2D eigenvalue weighted by Gasteiger charge is -2.09. The van der Waals surface area contributed by atoms with E-state index in [-0.39, 0.29) is 5.92 Å². The molecule has 0 saturated heterocycles. The average molecular weight is 213 g/mol. The van der Waals surface area contributed by atoms with Crippen LogP contribution in [-0.2, 0) is 10.7 Å². The molecule has 0 spiro atoms. The zero-order valence-electron chi connectivity index (χ0n) is 8.29. The van der Waals surface area contributed by atoms with Gasteiger partial charge in [0.25, 0.3) is 0 Å². The molecule has 0 bridgehead atoms. The molecule has 1 unspecified atom stereocenters. The first-order chi connectivity index (χ1) is 6.71. The molecule has 0 saturated carbocycles. The molecule has 2 nitrogen and oxygen atoms in total. The van der Waals surface area contributed by atoms with Gasteiger partial charge in [0.05, 0.1) is 7.11 Å². The van der Waals surface area contributed by atoms with Gasteiger partial charge in [0, 0.05) is 11.8 Å². The van der Waals surface area contributed by atoms with Crippen LogP contribution in [0.5, 0.6) is 5.75 Å². The van der Waals surface area contributed by atoms with Crippen LogP contribution in [0.15, 0.2) is 18.2 Å². The van der Waals surface area contributed by atoms with E-state index >= 15 is 0 Å². The zero-order chi connectivity index (χ0) is 10.6. The van der Waals surface area contributed by atoms with Gasteiger partial charge in [0.2, 0.25) is 0 Å². The third kappa shape index (κ3) is 2.48. The van der Waals surface area contributed by atoms with E-state index in [2.05, 4.69) is 0 Å². The summed E-state index contributed by atoms with van der Waals surface area (Å²) in [7, 11) is 1.60. The molecule has 0 heterocycles. The highest BCUT2D eigenvalue weighted by molar-refractivity contribution is 6.17. The number of ether oxygens (including phenoxy) is 1. The summed E-state index contributed by atoms with van der Waals surface area (Å²) in [5.74, 6) is 1.05. The molecule has 1 aromatic carbocycles. The number of benzene rings is 1. The number of halogens is 1. The molecule has 1 rings (SSSR count).